The van der Waals surface area contributed by atoms with E-state index in [0.29, 0.717) is 13.0 Å². The van der Waals surface area contributed by atoms with Gasteiger partial charge in [-0.1, -0.05) is 12.1 Å². The molecular formula is C14H19FN4. The van der Waals surface area contributed by atoms with Crippen molar-refractivity contribution in [3.05, 3.63) is 47.5 Å². The number of halogens is 1. The van der Waals surface area contributed by atoms with Gasteiger partial charge in [0.2, 0.25) is 0 Å². The van der Waals surface area contributed by atoms with Crippen LogP contribution in [0.15, 0.2) is 30.5 Å². The summed E-state index contributed by atoms with van der Waals surface area (Å²) < 4.78 is 15.0. The maximum absolute atomic E-state index is 13.2. The highest BCUT2D eigenvalue weighted by Gasteiger charge is 2.09. The zero-order valence-electron chi connectivity index (χ0n) is 11.1. The standard InChI is InChI=1S/C14H19FN4/c1-19-14(9-11-4-2-5-12(15)8-11)13(10-18-19)17-7-3-6-16/h2,4-5,8,10,17H,3,6-7,9,16H2,1H3. The van der Waals surface area contributed by atoms with E-state index in [0.717, 1.165) is 29.9 Å². The molecule has 0 amide bonds. The third-order valence-corrected chi connectivity index (χ3v) is 3.02. The summed E-state index contributed by atoms with van der Waals surface area (Å²) in [5, 5.41) is 7.56. The van der Waals surface area contributed by atoms with Crippen LogP contribution in [-0.4, -0.2) is 22.9 Å². The second-order valence-electron chi connectivity index (χ2n) is 4.50. The Kier molecular flexibility index (Phi) is 4.52. The van der Waals surface area contributed by atoms with Crippen molar-refractivity contribution < 1.29 is 4.39 Å². The minimum atomic E-state index is -0.211. The smallest absolute Gasteiger partial charge is 0.123 e. The molecule has 0 unspecified atom stereocenters. The van der Waals surface area contributed by atoms with E-state index in [9.17, 15) is 4.39 Å². The fraction of sp³-hybridized carbons (Fsp3) is 0.357. The maximum Gasteiger partial charge on any atom is 0.123 e. The predicted molar refractivity (Wildman–Crippen MR) is 74.6 cm³/mol. The number of benzene rings is 1. The summed E-state index contributed by atoms with van der Waals surface area (Å²) in [7, 11) is 1.89. The van der Waals surface area contributed by atoms with E-state index < -0.39 is 0 Å². The molecule has 1 heterocycles. The molecule has 0 spiro atoms. The van der Waals surface area contributed by atoms with Crippen LogP contribution in [0.1, 0.15) is 17.7 Å². The fourth-order valence-corrected chi connectivity index (χ4v) is 1.99. The first-order chi connectivity index (χ1) is 9.20. The lowest BCUT2D eigenvalue weighted by Crippen LogP contribution is -2.10. The molecule has 4 nitrogen and oxygen atoms in total. The molecular weight excluding hydrogens is 243 g/mol. The first kappa shape index (κ1) is 13.5. The van der Waals surface area contributed by atoms with E-state index in [1.54, 1.807) is 18.3 Å². The van der Waals surface area contributed by atoms with Crippen molar-refractivity contribution in [1.82, 2.24) is 9.78 Å². The van der Waals surface area contributed by atoms with Gasteiger partial charge in [0.1, 0.15) is 5.82 Å². The molecule has 0 saturated carbocycles. The number of aryl methyl sites for hydroxylation is 1. The average molecular weight is 262 g/mol. The highest BCUT2D eigenvalue weighted by Crippen LogP contribution is 2.18. The van der Waals surface area contributed by atoms with Gasteiger partial charge in [0.05, 0.1) is 17.6 Å². The third kappa shape index (κ3) is 3.54. The molecule has 0 radical (unpaired) electrons. The van der Waals surface area contributed by atoms with Crippen molar-refractivity contribution in [2.24, 2.45) is 12.8 Å². The Bertz CT molecular complexity index is 536. The van der Waals surface area contributed by atoms with Crippen molar-refractivity contribution >= 4 is 5.69 Å². The largest absolute Gasteiger partial charge is 0.382 e. The van der Waals surface area contributed by atoms with Crippen LogP contribution >= 0.6 is 0 Å². The molecule has 0 atom stereocenters. The molecule has 1 aromatic heterocycles. The first-order valence-corrected chi connectivity index (χ1v) is 6.40. The van der Waals surface area contributed by atoms with E-state index in [1.165, 1.54) is 6.07 Å². The molecule has 0 aliphatic rings. The zero-order chi connectivity index (χ0) is 13.7. The summed E-state index contributed by atoms with van der Waals surface area (Å²) in [6.45, 7) is 1.48. The number of aromatic nitrogens is 2. The van der Waals surface area contributed by atoms with Gasteiger partial charge in [0, 0.05) is 20.0 Å². The molecule has 0 aliphatic carbocycles. The Balaban J connectivity index is 2.12. The summed E-state index contributed by atoms with van der Waals surface area (Å²) >= 11 is 0. The van der Waals surface area contributed by atoms with Gasteiger partial charge >= 0.3 is 0 Å². The second-order valence-corrected chi connectivity index (χ2v) is 4.50. The van der Waals surface area contributed by atoms with Crippen LogP contribution in [0.25, 0.3) is 0 Å². The fourth-order valence-electron chi connectivity index (χ4n) is 1.99. The number of hydrogen-bond acceptors (Lipinski definition) is 3. The highest BCUT2D eigenvalue weighted by molar-refractivity contribution is 5.48. The topological polar surface area (TPSA) is 55.9 Å². The van der Waals surface area contributed by atoms with Gasteiger partial charge in [0.25, 0.3) is 0 Å². The molecule has 0 aliphatic heterocycles. The Morgan fingerprint density at radius 1 is 1.42 bits per heavy atom. The first-order valence-electron chi connectivity index (χ1n) is 6.40. The van der Waals surface area contributed by atoms with Crippen LogP contribution in [0.2, 0.25) is 0 Å². The quantitative estimate of drug-likeness (QED) is 0.782. The Hall–Kier alpha value is -1.88. The second kappa shape index (κ2) is 6.33. The monoisotopic (exact) mass is 262 g/mol. The van der Waals surface area contributed by atoms with Gasteiger partial charge in [-0.3, -0.25) is 4.68 Å². The molecule has 2 aromatic rings. The van der Waals surface area contributed by atoms with Crippen molar-refractivity contribution in [1.29, 1.82) is 0 Å². The van der Waals surface area contributed by atoms with E-state index >= 15 is 0 Å². The van der Waals surface area contributed by atoms with Gasteiger partial charge in [-0.2, -0.15) is 5.10 Å². The van der Waals surface area contributed by atoms with Crippen LogP contribution in [0, 0.1) is 5.82 Å². The van der Waals surface area contributed by atoms with E-state index in [1.807, 2.05) is 17.8 Å². The van der Waals surface area contributed by atoms with Crippen LogP contribution in [0.4, 0.5) is 10.1 Å². The number of nitrogens with two attached hydrogens (primary N) is 1. The molecule has 0 saturated heterocycles. The Labute approximate surface area is 112 Å². The molecule has 102 valence electrons. The van der Waals surface area contributed by atoms with E-state index in [4.69, 9.17) is 5.73 Å². The lowest BCUT2D eigenvalue weighted by atomic mass is 10.1. The van der Waals surface area contributed by atoms with E-state index in [-0.39, 0.29) is 5.82 Å². The van der Waals surface area contributed by atoms with Crippen molar-refractivity contribution in [3.63, 3.8) is 0 Å². The molecule has 19 heavy (non-hydrogen) atoms. The number of rotatable bonds is 6. The number of nitrogens with zero attached hydrogens (tertiary/aromatic N) is 2. The summed E-state index contributed by atoms with van der Waals surface area (Å²) in [5.41, 5.74) is 8.44. The minimum Gasteiger partial charge on any atom is -0.382 e. The summed E-state index contributed by atoms with van der Waals surface area (Å²) in [5.74, 6) is -0.211. The SMILES string of the molecule is Cn1ncc(NCCCN)c1Cc1cccc(F)c1. The molecule has 2 rings (SSSR count). The van der Waals surface area contributed by atoms with E-state index in [2.05, 4.69) is 10.4 Å². The highest BCUT2D eigenvalue weighted by atomic mass is 19.1. The van der Waals surface area contributed by atoms with Crippen LogP contribution in [-0.2, 0) is 13.5 Å². The third-order valence-electron chi connectivity index (χ3n) is 3.02. The van der Waals surface area contributed by atoms with Gasteiger partial charge < -0.3 is 11.1 Å². The van der Waals surface area contributed by atoms with Gasteiger partial charge in [0.15, 0.2) is 0 Å². The van der Waals surface area contributed by atoms with Gasteiger partial charge in [-0.25, -0.2) is 4.39 Å². The Morgan fingerprint density at radius 3 is 3.00 bits per heavy atom. The average Bonchev–Trinajstić information content (AvgIpc) is 2.72. The van der Waals surface area contributed by atoms with Crippen LogP contribution in [0.3, 0.4) is 0 Å². The van der Waals surface area contributed by atoms with Crippen molar-refractivity contribution in [2.45, 2.75) is 12.8 Å². The molecule has 5 heteroatoms. The molecule has 1 aromatic carbocycles. The summed E-state index contributed by atoms with van der Waals surface area (Å²) in [6, 6.07) is 6.64. The van der Waals surface area contributed by atoms with Crippen molar-refractivity contribution in [2.75, 3.05) is 18.4 Å². The van der Waals surface area contributed by atoms with Gasteiger partial charge in [-0.05, 0) is 30.7 Å². The lowest BCUT2D eigenvalue weighted by Gasteiger charge is -2.08. The number of hydrogen-bond donors (Lipinski definition) is 2. The molecule has 0 fully saturated rings. The molecule has 3 N–H and O–H groups in total. The minimum absolute atomic E-state index is 0.211. The zero-order valence-corrected chi connectivity index (χ0v) is 11.1. The summed E-state index contributed by atoms with van der Waals surface area (Å²) in [4.78, 5) is 0. The normalized spacial score (nSPS) is 10.7. The van der Waals surface area contributed by atoms with Gasteiger partial charge in [-0.15, -0.1) is 0 Å². The Morgan fingerprint density at radius 2 is 2.26 bits per heavy atom. The predicted octanol–water partition coefficient (Wildman–Crippen LogP) is 1.91. The number of anilines is 1. The maximum atomic E-state index is 13.2. The molecule has 0 bridgehead atoms. The van der Waals surface area contributed by atoms with Crippen LogP contribution in [0.5, 0.6) is 0 Å². The lowest BCUT2D eigenvalue weighted by molar-refractivity contribution is 0.625. The van der Waals surface area contributed by atoms with Crippen LogP contribution < -0.4 is 11.1 Å². The summed E-state index contributed by atoms with van der Waals surface area (Å²) in [6.07, 6.45) is 3.36. The number of nitrogens with one attached hydrogen (secondary N) is 1. The van der Waals surface area contributed by atoms with Crippen molar-refractivity contribution in [3.8, 4) is 0 Å².